The van der Waals surface area contributed by atoms with Gasteiger partial charge in [0.25, 0.3) is 5.91 Å². The molecule has 0 radical (unpaired) electrons. The van der Waals surface area contributed by atoms with Gasteiger partial charge in [-0.05, 0) is 12.1 Å². The number of amides is 1. The highest BCUT2D eigenvalue weighted by Gasteiger charge is 2.39. The zero-order valence-corrected chi connectivity index (χ0v) is 9.73. The van der Waals surface area contributed by atoms with Crippen molar-refractivity contribution in [2.75, 3.05) is 31.2 Å². The Hall–Kier alpha value is -1.69. The molecular formula is C12H14F2N2O2. The smallest absolute Gasteiger partial charge is 0.349 e. The summed E-state index contributed by atoms with van der Waals surface area (Å²) in [6.07, 6.45) is 0. The lowest BCUT2D eigenvalue weighted by atomic mass is 10.1. The third kappa shape index (κ3) is 2.43. The van der Waals surface area contributed by atoms with Crippen LogP contribution in [0, 0.1) is 0 Å². The van der Waals surface area contributed by atoms with E-state index in [1.54, 1.807) is 6.07 Å². The van der Waals surface area contributed by atoms with Crippen molar-refractivity contribution in [1.82, 2.24) is 0 Å². The molecule has 1 amide bonds. The van der Waals surface area contributed by atoms with Gasteiger partial charge in [0.1, 0.15) is 0 Å². The summed E-state index contributed by atoms with van der Waals surface area (Å²) < 4.78 is 32.2. The minimum atomic E-state index is -3.64. The number of nitrogens with zero attached hydrogens (tertiary/aromatic N) is 1. The number of hydrogen-bond acceptors (Lipinski definition) is 3. The SMILES string of the molecule is NC(=O)C(F)(F)c1cccc(N2CCOCC2)c1. The Balaban J connectivity index is 2.27. The van der Waals surface area contributed by atoms with Crippen LogP contribution in [0.1, 0.15) is 5.56 Å². The van der Waals surface area contributed by atoms with Crippen LogP contribution in [0.25, 0.3) is 0 Å². The van der Waals surface area contributed by atoms with Crippen LogP contribution in [0.5, 0.6) is 0 Å². The number of ether oxygens (including phenoxy) is 1. The molecule has 4 nitrogen and oxygen atoms in total. The molecule has 0 bridgehead atoms. The molecule has 0 aliphatic carbocycles. The first-order valence-corrected chi connectivity index (χ1v) is 5.63. The van der Waals surface area contributed by atoms with Crippen LogP contribution in [0.15, 0.2) is 24.3 Å². The quantitative estimate of drug-likeness (QED) is 0.881. The molecular weight excluding hydrogens is 242 g/mol. The van der Waals surface area contributed by atoms with Gasteiger partial charge < -0.3 is 15.4 Å². The summed E-state index contributed by atoms with van der Waals surface area (Å²) in [6.45, 7) is 2.42. The first kappa shape index (κ1) is 12.8. The largest absolute Gasteiger partial charge is 0.378 e. The van der Waals surface area contributed by atoms with Crippen LogP contribution in [-0.4, -0.2) is 32.2 Å². The zero-order valence-electron chi connectivity index (χ0n) is 9.73. The Bertz CT molecular complexity index is 445. The molecule has 1 aliphatic heterocycles. The van der Waals surface area contributed by atoms with Gasteiger partial charge in [-0.2, -0.15) is 8.78 Å². The van der Waals surface area contributed by atoms with Gasteiger partial charge in [0, 0.05) is 24.3 Å². The Morgan fingerprint density at radius 1 is 1.33 bits per heavy atom. The molecule has 6 heteroatoms. The maximum absolute atomic E-state index is 13.5. The molecule has 1 aliphatic rings. The van der Waals surface area contributed by atoms with E-state index in [2.05, 4.69) is 0 Å². The van der Waals surface area contributed by atoms with Crippen molar-refractivity contribution in [1.29, 1.82) is 0 Å². The molecule has 98 valence electrons. The topological polar surface area (TPSA) is 55.6 Å². The van der Waals surface area contributed by atoms with E-state index < -0.39 is 11.8 Å². The number of carbonyl (C=O) groups is 1. The minimum Gasteiger partial charge on any atom is -0.378 e. The lowest BCUT2D eigenvalue weighted by molar-refractivity contribution is -0.143. The summed E-state index contributed by atoms with van der Waals surface area (Å²) in [4.78, 5) is 12.7. The third-order valence-electron chi connectivity index (χ3n) is 2.89. The molecule has 0 aromatic heterocycles. The molecule has 1 heterocycles. The Kier molecular flexibility index (Phi) is 3.47. The summed E-state index contributed by atoms with van der Waals surface area (Å²) in [5.41, 5.74) is 4.98. The van der Waals surface area contributed by atoms with Gasteiger partial charge in [-0.15, -0.1) is 0 Å². The fraction of sp³-hybridized carbons (Fsp3) is 0.417. The monoisotopic (exact) mass is 256 g/mol. The van der Waals surface area contributed by atoms with Gasteiger partial charge in [0.15, 0.2) is 0 Å². The van der Waals surface area contributed by atoms with Crippen LogP contribution in [0.3, 0.4) is 0 Å². The predicted molar refractivity (Wildman–Crippen MR) is 62.6 cm³/mol. The van der Waals surface area contributed by atoms with Crippen molar-refractivity contribution >= 4 is 11.6 Å². The number of morpholine rings is 1. The summed E-state index contributed by atoms with van der Waals surface area (Å²) in [5, 5.41) is 0. The fourth-order valence-electron chi connectivity index (χ4n) is 1.86. The Labute approximate surface area is 103 Å². The maximum Gasteiger partial charge on any atom is 0.349 e. The van der Waals surface area contributed by atoms with Gasteiger partial charge >= 0.3 is 5.92 Å². The number of primary amides is 1. The van der Waals surface area contributed by atoms with Crippen LogP contribution in [0.4, 0.5) is 14.5 Å². The number of nitrogens with two attached hydrogens (primary N) is 1. The number of anilines is 1. The molecule has 1 fully saturated rings. The number of halogens is 2. The summed E-state index contributed by atoms with van der Waals surface area (Å²) in [6, 6.07) is 5.73. The van der Waals surface area contributed by atoms with Crippen molar-refractivity contribution in [2.45, 2.75) is 5.92 Å². The van der Waals surface area contributed by atoms with Gasteiger partial charge in [-0.3, -0.25) is 4.79 Å². The number of rotatable bonds is 3. The highest BCUT2D eigenvalue weighted by Crippen LogP contribution is 2.30. The summed E-state index contributed by atoms with van der Waals surface area (Å²) >= 11 is 0. The molecule has 0 saturated carbocycles. The normalized spacial score (nSPS) is 16.7. The lowest BCUT2D eigenvalue weighted by Crippen LogP contribution is -2.37. The average molecular weight is 256 g/mol. The van der Waals surface area contributed by atoms with Gasteiger partial charge in [0.2, 0.25) is 0 Å². The zero-order chi connectivity index (χ0) is 13.2. The van der Waals surface area contributed by atoms with E-state index >= 15 is 0 Å². The van der Waals surface area contributed by atoms with E-state index in [4.69, 9.17) is 10.5 Å². The van der Waals surface area contributed by atoms with Crippen molar-refractivity contribution in [2.24, 2.45) is 5.73 Å². The molecule has 0 atom stereocenters. The minimum absolute atomic E-state index is 0.376. The van der Waals surface area contributed by atoms with E-state index in [0.717, 1.165) is 0 Å². The lowest BCUT2D eigenvalue weighted by Gasteiger charge is -2.29. The molecule has 2 N–H and O–H groups in total. The van der Waals surface area contributed by atoms with Gasteiger partial charge in [0.05, 0.1) is 13.2 Å². The van der Waals surface area contributed by atoms with Crippen molar-refractivity contribution in [3.8, 4) is 0 Å². The average Bonchev–Trinajstić information content (AvgIpc) is 2.40. The highest BCUT2D eigenvalue weighted by molar-refractivity contribution is 5.83. The first-order chi connectivity index (χ1) is 8.51. The second-order valence-corrected chi connectivity index (χ2v) is 4.09. The first-order valence-electron chi connectivity index (χ1n) is 5.63. The van der Waals surface area contributed by atoms with Crippen molar-refractivity contribution in [3.05, 3.63) is 29.8 Å². The number of benzene rings is 1. The van der Waals surface area contributed by atoms with Crippen molar-refractivity contribution in [3.63, 3.8) is 0 Å². The number of alkyl halides is 2. The van der Waals surface area contributed by atoms with Gasteiger partial charge in [-0.25, -0.2) is 0 Å². The summed E-state index contributed by atoms with van der Waals surface area (Å²) in [7, 11) is 0. The molecule has 2 rings (SSSR count). The van der Waals surface area contributed by atoms with Crippen molar-refractivity contribution < 1.29 is 18.3 Å². The molecule has 1 aromatic rings. The number of carbonyl (C=O) groups excluding carboxylic acids is 1. The van der Waals surface area contributed by atoms with E-state index in [1.165, 1.54) is 18.2 Å². The second kappa shape index (κ2) is 4.89. The highest BCUT2D eigenvalue weighted by atomic mass is 19.3. The molecule has 0 spiro atoms. The molecule has 1 aromatic carbocycles. The van der Waals surface area contributed by atoms with E-state index in [-0.39, 0.29) is 5.56 Å². The van der Waals surface area contributed by atoms with E-state index in [1.807, 2.05) is 4.90 Å². The van der Waals surface area contributed by atoms with Crippen LogP contribution in [0.2, 0.25) is 0 Å². The standard InChI is InChI=1S/C12H14F2N2O2/c13-12(14,11(15)17)9-2-1-3-10(8-9)16-4-6-18-7-5-16/h1-3,8H,4-7H2,(H2,15,17). The Morgan fingerprint density at radius 2 is 2.00 bits per heavy atom. The summed E-state index contributed by atoms with van der Waals surface area (Å²) in [5.74, 6) is -5.27. The molecule has 18 heavy (non-hydrogen) atoms. The van der Waals surface area contributed by atoms with E-state index in [9.17, 15) is 13.6 Å². The second-order valence-electron chi connectivity index (χ2n) is 4.09. The van der Waals surface area contributed by atoms with Crippen LogP contribution >= 0.6 is 0 Å². The Morgan fingerprint density at radius 3 is 2.61 bits per heavy atom. The maximum atomic E-state index is 13.5. The van der Waals surface area contributed by atoms with Gasteiger partial charge in [-0.1, -0.05) is 12.1 Å². The number of hydrogen-bond donors (Lipinski definition) is 1. The molecule has 1 saturated heterocycles. The third-order valence-corrected chi connectivity index (χ3v) is 2.89. The predicted octanol–water partition coefficient (Wildman–Crippen LogP) is 1.10. The van der Waals surface area contributed by atoms with Crippen LogP contribution in [-0.2, 0) is 15.5 Å². The van der Waals surface area contributed by atoms with Crippen LogP contribution < -0.4 is 10.6 Å². The fourth-order valence-corrected chi connectivity index (χ4v) is 1.86. The molecule has 0 unspecified atom stereocenters. The van der Waals surface area contributed by atoms with E-state index in [0.29, 0.717) is 32.0 Å².